The lowest BCUT2D eigenvalue weighted by molar-refractivity contribution is 0.0685. The van der Waals surface area contributed by atoms with Gasteiger partial charge in [0, 0.05) is 19.3 Å². The van der Waals surface area contributed by atoms with Crippen molar-refractivity contribution in [2.75, 3.05) is 32.0 Å². The number of anilines is 1. The van der Waals surface area contributed by atoms with E-state index in [9.17, 15) is 4.79 Å². The molecule has 0 saturated heterocycles. The number of carbonyl (C=O) groups excluding carboxylic acids is 1. The number of hydrogen-bond donors (Lipinski definition) is 3. The van der Waals surface area contributed by atoms with Gasteiger partial charge in [0.25, 0.3) is 5.91 Å². The number of carbonyl (C=O) groups is 1. The predicted molar refractivity (Wildman–Crippen MR) is 56.5 cm³/mol. The van der Waals surface area contributed by atoms with Crippen LogP contribution in [0.3, 0.4) is 0 Å². The number of rotatable bonds is 5. The van der Waals surface area contributed by atoms with Crippen LogP contribution in [0.4, 0.5) is 5.82 Å². The smallest absolute Gasteiger partial charge is 0.259 e. The number of aliphatic hydroxyl groups is 2. The van der Waals surface area contributed by atoms with Gasteiger partial charge in [0.1, 0.15) is 12.1 Å². The minimum Gasteiger partial charge on any atom is -0.395 e. The maximum atomic E-state index is 11.9. The standard InChI is InChI=1S/C9H14N4O3/c10-8-7(5-11-6-12-8)9(16)13(1-3-14)2-4-15/h5-6,14-15H,1-4H2,(H2,10,11,12). The van der Waals surface area contributed by atoms with Gasteiger partial charge in [0.15, 0.2) is 0 Å². The fraction of sp³-hybridized carbons (Fsp3) is 0.444. The highest BCUT2D eigenvalue weighted by Gasteiger charge is 2.17. The van der Waals surface area contributed by atoms with E-state index in [1.807, 2.05) is 0 Å². The molecule has 1 heterocycles. The summed E-state index contributed by atoms with van der Waals surface area (Å²) < 4.78 is 0. The second-order valence-electron chi connectivity index (χ2n) is 3.06. The number of nitrogens with two attached hydrogens (primary N) is 1. The van der Waals surface area contributed by atoms with Gasteiger partial charge in [-0.1, -0.05) is 0 Å². The molecule has 0 saturated carbocycles. The van der Waals surface area contributed by atoms with Gasteiger partial charge in [-0.25, -0.2) is 9.97 Å². The fourth-order valence-corrected chi connectivity index (χ4v) is 1.23. The van der Waals surface area contributed by atoms with E-state index in [4.69, 9.17) is 15.9 Å². The molecule has 16 heavy (non-hydrogen) atoms. The van der Waals surface area contributed by atoms with Crippen LogP contribution in [-0.4, -0.2) is 57.3 Å². The minimum atomic E-state index is -0.402. The summed E-state index contributed by atoms with van der Waals surface area (Å²) >= 11 is 0. The van der Waals surface area contributed by atoms with Gasteiger partial charge in [0.2, 0.25) is 0 Å². The lowest BCUT2D eigenvalue weighted by Gasteiger charge is -2.20. The second kappa shape index (κ2) is 5.99. The summed E-state index contributed by atoms with van der Waals surface area (Å²) in [5, 5.41) is 17.6. The van der Waals surface area contributed by atoms with Crippen molar-refractivity contribution in [2.45, 2.75) is 0 Å². The Hall–Kier alpha value is -1.73. The van der Waals surface area contributed by atoms with Gasteiger partial charge in [-0.2, -0.15) is 0 Å². The van der Waals surface area contributed by atoms with Crippen molar-refractivity contribution in [2.24, 2.45) is 0 Å². The third-order valence-electron chi connectivity index (χ3n) is 2.00. The summed E-state index contributed by atoms with van der Waals surface area (Å²) in [7, 11) is 0. The third kappa shape index (κ3) is 2.88. The molecule has 1 amide bonds. The van der Waals surface area contributed by atoms with Crippen molar-refractivity contribution in [3.8, 4) is 0 Å². The number of aliphatic hydroxyl groups excluding tert-OH is 2. The molecule has 0 aromatic carbocycles. The average Bonchev–Trinajstić information content (AvgIpc) is 2.28. The number of hydrogen-bond acceptors (Lipinski definition) is 6. The highest BCUT2D eigenvalue weighted by molar-refractivity contribution is 5.97. The van der Waals surface area contributed by atoms with Crippen LogP contribution >= 0.6 is 0 Å². The first-order chi connectivity index (χ1) is 7.70. The van der Waals surface area contributed by atoms with Gasteiger partial charge in [-0.3, -0.25) is 4.79 Å². The average molecular weight is 226 g/mol. The molecule has 1 aromatic rings. The molecule has 0 aliphatic rings. The number of nitrogens with zero attached hydrogens (tertiary/aromatic N) is 3. The van der Waals surface area contributed by atoms with Crippen molar-refractivity contribution in [3.05, 3.63) is 18.1 Å². The molecule has 0 bridgehead atoms. The molecular formula is C9H14N4O3. The van der Waals surface area contributed by atoms with E-state index >= 15 is 0 Å². The quantitative estimate of drug-likeness (QED) is 0.562. The molecule has 1 aromatic heterocycles. The molecular weight excluding hydrogens is 212 g/mol. The van der Waals surface area contributed by atoms with Crippen LogP contribution < -0.4 is 5.73 Å². The lowest BCUT2D eigenvalue weighted by Crippen LogP contribution is -2.36. The zero-order valence-corrected chi connectivity index (χ0v) is 8.70. The number of amides is 1. The maximum absolute atomic E-state index is 11.9. The number of aromatic nitrogens is 2. The molecule has 7 nitrogen and oxygen atoms in total. The SMILES string of the molecule is Nc1ncncc1C(=O)N(CCO)CCO. The van der Waals surface area contributed by atoms with Gasteiger partial charge in [0.05, 0.1) is 18.8 Å². The van der Waals surface area contributed by atoms with Crippen molar-refractivity contribution < 1.29 is 15.0 Å². The molecule has 0 radical (unpaired) electrons. The van der Waals surface area contributed by atoms with E-state index in [2.05, 4.69) is 9.97 Å². The van der Waals surface area contributed by atoms with E-state index in [1.165, 1.54) is 17.4 Å². The topological polar surface area (TPSA) is 113 Å². The highest BCUT2D eigenvalue weighted by Crippen LogP contribution is 2.08. The molecule has 7 heteroatoms. The van der Waals surface area contributed by atoms with Crippen LogP contribution in [0.5, 0.6) is 0 Å². The molecule has 88 valence electrons. The largest absolute Gasteiger partial charge is 0.395 e. The van der Waals surface area contributed by atoms with E-state index in [0.29, 0.717) is 0 Å². The van der Waals surface area contributed by atoms with E-state index < -0.39 is 5.91 Å². The molecule has 0 fully saturated rings. The van der Waals surface area contributed by atoms with Crippen LogP contribution in [0.2, 0.25) is 0 Å². The Morgan fingerprint density at radius 3 is 2.50 bits per heavy atom. The predicted octanol–water partition coefficient (Wildman–Crippen LogP) is -1.51. The zero-order valence-electron chi connectivity index (χ0n) is 8.70. The lowest BCUT2D eigenvalue weighted by atomic mass is 10.2. The van der Waals surface area contributed by atoms with Crippen LogP contribution in [0.15, 0.2) is 12.5 Å². The van der Waals surface area contributed by atoms with Gasteiger partial charge in [-0.05, 0) is 0 Å². The molecule has 0 atom stereocenters. The van der Waals surface area contributed by atoms with Crippen molar-refractivity contribution in [1.82, 2.24) is 14.9 Å². The minimum absolute atomic E-state index is 0.0841. The van der Waals surface area contributed by atoms with Crippen LogP contribution in [0.1, 0.15) is 10.4 Å². The van der Waals surface area contributed by atoms with Gasteiger partial charge in [-0.15, -0.1) is 0 Å². The van der Waals surface area contributed by atoms with E-state index in [0.717, 1.165) is 0 Å². The molecule has 0 unspecified atom stereocenters. The summed E-state index contributed by atoms with van der Waals surface area (Å²) in [5.74, 6) is -0.318. The first-order valence-electron chi connectivity index (χ1n) is 4.77. The summed E-state index contributed by atoms with van der Waals surface area (Å²) in [4.78, 5) is 20.6. The first-order valence-corrected chi connectivity index (χ1v) is 4.77. The second-order valence-corrected chi connectivity index (χ2v) is 3.06. The molecule has 4 N–H and O–H groups in total. The van der Waals surface area contributed by atoms with Crippen LogP contribution in [-0.2, 0) is 0 Å². The van der Waals surface area contributed by atoms with Crippen molar-refractivity contribution >= 4 is 11.7 Å². The Morgan fingerprint density at radius 2 is 2.00 bits per heavy atom. The molecule has 0 aliphatic heterocycles. The van der Waals surface area contributed by atoms with E-state index in [-0.39, 0.29) is 37.7 Å². The monoisotopic (exact) mass is 226 g/mol. The first kappa shape index (κ1) is 12.3. The Balaban J connectivity index is 2.85. The fourth-order valence-electron chi connectivity index (χ4n) is 1.23. The van der Waals surface area contributed by atoms with Crippen molar-refractivity contribution in [1.29, 1.82) is 0 Å². The van der Waals surface area contributed by atoms with Crippen molar-refractivity contribution in [3.63, 3.8) is 0 Å². The third-order valence-corrected chi connectivity index (χ3v) is 2.00. The highest BCUT2D eigenvalue weighted by atomic mass is 16.3. The Labute approximate surface area is 92.5 Å². The maximum Gasteiger partial charge on any atom is 0.259 e. The summed E-state index contributed by atoms with van der Waals surface area (Å²) in [6, 6.07) is 0. The zero-order chi connectivity index (χ0) is 12.0. The normalized spacial score (nSPS) is 10.1. The van der Waals surface area contributed by atoms with Gasteiger partial charge < -0.3 is 20.8 Å². The Morgan fingerprint density at radius 1 is 1.38 bits per heavy atom. The van der Waals surface area contributed by atoms with Crippen LogP contribution in [0, 0.1) is 0 Å². The van der Waals surface area contributed by atoms with E-state index in [1.54, 1.807) is 0 Å². The molecule has 0 aliphatic carbocycles. The molecule has 0 spiro atoms. The summed E-state index contributed by atoms with van der Waals surface area (Å²) in [6.45, 7) is -0.0971. The number of nitrogen functional groups attached to an aromatic ring is 1. The Kier molecular flexibility index (Phi) is 4.62. The Bertz CT molecular complexity index is 352. The summed E-state index contributed by atoms with van der Waals surface area (Å²) in [5.41, 5.74) is 5.70. The van der Waals surface area contributed by atoms with Gasteiger partial charge >= 0.3 is 0 Å². The molecule has 1 rings (SSSR count). The summed E-state index contributed by atoms with van der Waals surface area (Å²) in [6.07, 6.45) is 2.56. The van der Waals surface area contributed by atoms with Crippen LogP contribution in [0.25, 0.3) is 0 Å².